The summed E-state index contributed by atoms with van der Waals surface area (Å²) >= 11 is 0. The standard InChI is InChI=1S/C28H28N2O3.ClH/c1-18(22-16-25(31-2)27(33-4)26(17-22)32-3)19-9-7-10-21(14-19)24-15-20-8-5-6-11-23(20)28-29-12-13-30(24)28;/h5-11,14-18H,12-13H2,1-4H3;1H. The van der Waals surface area contributed by atoms with Crippen molar-refractivity contribution in [3.05, 3.63) is 88.5 Å². The largest absolute Gasteiger partial charge is 0.493 e. The smallest absolute Gasteiger partial charge is 0.203 e. The molecule has 34 heavy (non-hydrogen) atoms. The summed E-state index contributed by atoms with van der Waals surface area (Å²) in [6, 6.07) is 21.3. The van der Waals surface area contributed by atoms with E-state index in [4.69, 9.17) is 19.2 Å². The second kappa shape index (κ2) is 9.82. The first-order chi connectivity index (χ1) is 16.1. The number of ether oxygens (including phenoxy) is 3. The highest BCUT2D eigenvalue weighted by atomic mass is 35.5. The van der Waals surface area contributed by atoms with Gasteiger partial charge in [0, 0.05) is 18.0 Å². The molecule has 0 radical (unpaired) electrons. The Kier molecular flexibility index (Phi) is 6.85. The molecule has 0 aliphatic carbocycles. The van der Waals surface area contributed by atoms with Gasteiger partial charge in [0.2, 0.25) is 5.75 Å². The molecule has 2 heterocycles. The zero-order valence-corrected chi connectivity index (χ0v) is 20.7. The van der Waals surface area contributed by atoms with Gasteiger partial charge in [-0.3, -0.25) is 4.99 Å². The third-order valence-corrected chi connectivity index (χ3v) is 6.50. The number of fused-ring (bicyclic) bond motifs is 3. The van der Waals surface area contributed by atoms with Crippen LogP contribution in [-0.2, 0) is 0 Å². The van der Waals surface area contributed by atoms with Crippen LogP contribution < -0.4 is 14.2 Å². The van der Waals surface area contributed by atoms with E-state index < -0.39 is 0 Å². The highest BCUT2D eigenvalue weighted by molar-refractivity contribution is 6.12. The van der Waals surface area contributed by atoms with Crippen LogP contribution >= 0.6 is 12.4 Å². The van der Waals surface area contributed by atoms with E-state index in [9.17, 15) is 0 Å². The first-order valence-electron chi connectivity index (χ1n) is 11.2. The lowest BCUT2D eigenvalue weighted by Gasteiger charge is -2.29. The molecule has 0 saturated heterocycles. The minimum atomic E-state index is 0. The number of aliphatic imine (C=N–C) groups is 1. The topological polar surface area (TPSA) is 43.3 Å². The second-order valence-electron chi connectivity index (χ2n) is 8.28. The zero-order valence-electron chi connectivity index (χ0n) is 19.9. The van der Waals surface area contributed by atoms with E-state index >= 15 is 0 Å². The van der Waals surface area contributed by atoms with E-state index in [2.05, 4.69) is 66.4 Å². The summed E-state index contributed by atoms with van der Waals surface area (Å²) in [5.74, 6) is 3.16. The summed E-state index contributed by atoms with van der Waals surface area (Å²) in [6.07, 6.45) is 2.28. The fourth-order valence-corrected chi connectivity index (χ4v) is 4.71. The van der Waals surface area contributed by atoms with E-state index in [-0.39, 0.29) is 18.3 Å². The molecule has 6 heteroatoms. The van der Waals surface area contributed by atoms with Crippen molar-refractivity contribution in [2.45, 2.75) is 12.8 Å². The van der Waals surface area contributed by atoms with Gasteiger partial charge in [-0.15, -0.1) is 12.4 Å². The Balaban J connectivity index is 0.00000274. The van der Waals surface area contributed by atoms with E-state index in [0.29, 0.717) is 17.2 Å². The van der Waals surface area contributed by atoms with Gasteiger partial charge in [0.1, 0.15) is 5.84 Å². The van der Waals surface area contributed by atoms with Crippen molar-refractivity contribution in [2.75, 3.05) is 34.4 Å². The number of halogens is 1. The molecule has 0 bridgehead atoms. The van der Waals surface area contributed by atoms with Crippen molar-refractivity contribution in [2.24, 2.45) is 4.99 Å². The van der Waals surface area contributed by atoms with Crippen molar-refractivity contribution < 1.29 is 14.2 Å². The molecule has 5 nitrogen and oxygen atoms in total. The minimum absolute atomic E-state index is 0. The van der Waals surface area contributed by atoms with Crippen molar-refractivity contribution >= 4 is 30.0 Å². The maximum absolute atomic E-state index is 5.57. The predicted molar refractivity (Wildman–Crippen MR) is 140 cm³/mol. The summed E-state index contributed by atoms with van der Waals surface area (Å²) in [6.45, 7) is 3.93. The monoisotopic (exact) mass is 476 g/mol. The SMILES string of the molecule is COc1cc(C(C)c2cccc(C3=Cc4ccccc4C4=NCCN34)c2)cc(OC)c1OC.Cl. The molecule has 0 spiro atoms. The summed E-state index contributed by atoms with van der Waals surface area (Å²) in [4.78, 5) is 7.14. The number of benzene rings is 3. The zero-order chi connectivity index (χ0) is 22.9. The van der Waals surface area contributed by atoms with E-state index in [1.807, 2.05) is 12.1 Å². The fourth-order valence-electron chi connectivity index (χ4n) is 4.71. The van der Waals surface area contributed by atoms with Crippen molar-refractivity contribution in [1.82, 2.24) is 4.90 Å². The summed E-state index contributed by atoms with van der Waals surface area (Å²) in [7, 11) is 4.92. The summed E-state index contributed by atoms with van der Waals surface area (Å²) < 4.78 is 16.6. The van der Waals surface area contributed by atoms with Gasteiger partial charge in [-0.25, -0.2) is 0 Å². The normalized spacial score (nSPS) is 14.8. The van der Waals surface area contributed by atoms with Crippen molar-refractivity contribution in [3.63, 3.8) is 0 Å². The molecule has 0 fully saturated rings. The van der Waals surface area contributed by atoms with Gasteiger partial charge in [-0.1, -0.05) is 49.4 Å². The van der Waals surface area contributed by atoms with Gasteiger partial charge < -0.3 is 19.1 Å². The van der Waals surface area contributed by atoms with Crippen LogP contribution in [0.2, 0.25) is 0 Å². The Hall–Kier alpha value is -3.44. The molecular formula is C28H29ClN2O3. The Morgan fingerprint density at radius 3 is 2.29 bits per heavy atom. The van der Waals surface area contributed by atoms with Gasteiger partial charge in [-0.2, -0.15) is 0 Å². The van der Waals surface area contributed by atoms with Gasteiger partial charge >= 0.3 is 0 Å². The fraction of sp³-hybridized carbons (Fsp3) is 0.250. The molecule has 3 aromatic rings. The number of hydrogen-bond acceptors (Lipinski definition) is 5. The molecule has 1 atom stereocenters. The predicted octanol–water partition coefficient (Wildman–Crippen LogP) is 5.86. The highest BCUT2D eigenvalue weighted by Crippen LogP contribution is 2.42. The quantitative estimate of drug-likeness (QED) is 0.447. The molecule has 0 saturated carbocycles. The van der Waals surface area contributed by atoms with Crippen LogP contribution in [0.4, 0.5) is 0 Å². The highest BCUT2D eigenvalue weighted by Gasteiger charge is 2.28. The molecule has 5 rings (SSSR count). The van der Waals surface area contributed by atoms with Gasteiger partial charge in [0.15, 0.2) is 11.5 Å². The minimum Gasteiger partial charge on any atom is -0.493 e. The maximum atomic E-state index is 5.57. The molecule has 0 amide bonds. The van der Waals surface area contributed by atoms with Gasteiger partial charge in [0.05, 0.1) is 33.6 Å². The Morgan fingerprint density at radius 1 is 0.853 bits per heavy atom. The van der Waals surface area contributed by atoms with Gasteiger partial charge in [-0.05, 0) is 46.5 Å². The van der Waals surface area contributed by atoms with Crippen molar-refractivity contribution in [3.8, 4) is 17.2 Å². The van der Waals surface area contributed by atoms with Crippen LogP contribution in [0.15, 0.2) is 65.7 Å². The van der Waals surface area contributed by atoms with Crippen LogP contribution in [0.1, 0.15) is 40.7 Å². The van der Waals surface area contributed by atoms with Crippen LogP contribution in [0.5, 0.6) is 17.2 Å². The van der Waals surface area contributed by atoms with Crippen LogP contribution in [0.3, 0.4) is 0 Å². The first-order valence-corrected chi connectivity index (χ1v) is 11.2. The van der Waals surface area contributed by atoms with Crippen LogP contribution in [0, 0.1) is 0 Å². The van der Waals surface area contributed by atoms with Crippen LogP contribution in [0.25, 0.3) is 11.8 Å². The molecular weight excluding hydrogens is 448 g/mol. The molecule has 2 aliphatic heterocycles. The number of methoxy groups -OCH3 is 3. The van der Waals surface area contributed by atoms with Gasteiger partial charge in [0.25, 0.3) is 0 Å². The number of hydrogen-bond donors (Lipinski definition) is 0. The summed E-state index contributed by atoms with van der Waals surface area (Å²) in [5.41, 5.74) is 7.14. The van der Waals surface area contributed by atoms with Crippen LogP contribution in [-0.4, -0.2) is 45.2 Å². The Bertz CT molecular complexity index is 1240. The molecule has 3 aromatic carbocycles. The average molecular weight is 477 g/mol. The van der Waals surface area contributed by atoms with E-state index in [1.54, 1.807) is 21.3 Å². The maximum Gasteiger partial charge on any atom is 0.203 e. The number of nitrogens with zero attached hydrogens (tertiary/aromatic N) is 2. The lowest BCUT2D eigenvalue weighted by atomic mass is 9.90. The lowest BCUT2D eigenvalue weighted by molar-refractivity contribution is 0.323. The van der Waals surface area contributed by atoms with Crippen molar-refractivity contribution in [1.29, 1.82) is 0 Å². The third-order valence-electron chi connectivity index (χ3n) is 6.50. The molecule has 0 aromatic heterocycles. The van der Waals surface area contributed by atoms with E-state index in [0.717, 1.165) is 24.5 Å². The molecule has 0 N–H and O–H groups in total. The molecule has 1 unspecified atom stereocenters. The number of amidine groups is 1. The molecule has 176 valence electrons. The second-order valence-corrected chi connectivity index (χ2v) is 8.28. The first kappa shape index (κ1) is 23.7. The summed E-state index contributed by atoms with van der Waals surface area (Å²) in [5, 5.41) is 0. The third kappa shape index (κ3) is 4.01. The molecule has 2 aliphatic rings. The lowest BCUT2D eigenvalue weighted by Crippen LogP contribution is -2.30. The van der Waals surface area contributed by atoms with E-state index in [1.165, 1.54) is 28.0 Å². The Labute approximate surface area is 207 Å². The Morgan fingerprint density at radius 2 is 1.59 bits per heavy atom. The number of rotatable bonds is 6. The average Bonchev–Trinajstić information content (AvgIpc) is 3.37.